The van der Waals surface area contributed by atoms with Crippen LogP contribution in [-0.4, -0.2) is 81.5 Å². The molecule has 1 saturated carbocycles. The summed E-state index contributed by atoms with van der Waals surface area (Å²) in [6.07, 6.45) is 1.53. The van der Waals surface area contributed by atoms with Gasteiger partial charge in [-0.25, -0.2) is 9.64 Å². The Kier molecular flexibility index (Phi) is 6.56. The van der Waals surface area contributed by atoms with E-state index in [-0.39, 0.29) is 42.5 Å². The largest absolute Gasteiger partial charge is 0.444 e. The van der Waals surface area contributed by atoms with Crippen molar-refractivity contribution in [3.63, 3.8) is 0 Å². The van der Waals surface area contributed by atoms with Crippen molar-refractivity contribution in [2.45, 2.75) is 88.8 Å². The first kappa shape index (κ1) is 26.0. The summed E-state index contributed by atoms with van der Waals surface area (Å²) in [5, 5.41) is 12.4. The molecule has 38 heavy (non-hydrogen) atoms. The number of hydrogen-bond acceptors (Lipinski definition) is 6. The SMILES string of the molecule is [C-]#[N+]c1ccc([C@H](C)N2C(=O)[C@@H]3C[C@H]2CN3C[C@H](NC(=O)OC(C)(C)C)C(=O)N2[C@H](C#N)C[C@@H]3C[C@@H]32)cc1. The van der Waals surface area contributed by atoms with Crippen LogP contribution in [0.25, 0.3) is 4.85 Å². The molecule has 0 radical (unpaired) electrons. The number of nitriles is 1. The van der Waals surface area contributed by atoms with Gasteiger partial charge in [-0.2, -0.15) is 5.26 Å². The molecule has 10 nitrogen and oxygen atoms in total. The average molecular weight is 519 g/mol. The molecule has 4 aliphatic rings. The van der Waals surface area contributed by atoms with Crippen LogP contribution >= 0.6 is 0 Å². The van der Waals surface area contributed by atoms with Crippen molar-refractivity contribution in [3.05, 3.63) is 41.2 Å². The number of carbonyl (C=O) groups excluding carboxylic acids is 3. The lowest BCUT2D eigenvalue weighted by atomic mass is 10.0. The van der Waals surface area contributed by atoms with Gasteiger partial charge < -0.3 is 19.9 Å². The number of nitrogens with zero attached hydrogens (tertiary/aromatic N) is 5. The standard InChI is InChI=1S/C28H34N6O4/c1-16(17-6-8-19(30-5)9-7-17)33-21-12-24(26(33)36)32(14-21)15-22(31-27(37)38-28(2,3)4)25(35)34-20(13-29)10-18-11-23(18)34/h6-9,16,18,20-24H,10-12,14-15H2,1-4H3,(H,31,37)/t16-,18+,20-,21-,22-,23-,24-/m0/s1. The van der Waals surface area contributed by atoms with E-state index in [0.29, 0.717) is 31.0 Å². The van der Waals surface area contributed by atoms with E-state index in [4.69, 9.17) is 11.3 Å². The van der Waals surface area contributed by atoms with Crippen molar-refractivity contribution in [3.8, 4) is 6.07 Å². The van der Waals surface area contributed by atoms with E-state index >= 15 is 0 Å². The molecule has 0 unspecified atom stereocenters. The maximum Gasteiger partial charge on any atom is 0.408 e. The van der Waals surface area contributed by atoms with E-state index in [1.165, 1.54) is 0 Å². The predicted octanol–water partition coefficient (Wildman–Crippen LogP) is 2.99. The van der Waals surface area contributed by atoms with Crippen molar-refractivity contribution >= 4 is 23.6 Å². The van der Waals surface area contributed by atoms with Gasteiger partial charge in [-0.15, -0.1) is 0 Å². The molecule has 1 aromatic carbocycles. The zero-order valence-electron chi connectivity index (χ0n) is 22.3. The Labute approximate surface area is 223 Å². The lowest BCUT2D eigenvalue weighted by molar-refractivity contribution is -0.141. The second-order valence-corrected chi connectivity index (χ2v) is 11.9. The highest BCUT2D eigenvalue weighted by molar-refractivity contribution is 5.89. The zero-order valence-corrected chi connectivity index (χ0v) is 22.3. The van der Waals surface area contributed by atoms with Gasteiger partial charge in [-0.05, 0) is 58.4 Å². The van der Waals surface area contributed by atoms with Gasteiger partial charge in [0.2, 0.25) is 11.8 Å². The molecular weight excluding hydrogens is 484 g/mol. The zero-order chi connectivity index (χ0) is 27.4. The fourth-order valence-corrected chi connectivity index (χ4v) is 6.33. The summed E-state index contributed by atoms with van der Waals surface area (Å²) in [5.41, 5.74) is 0.804. The number of fused-ring (bicyclic) bond motifs is 3. The molecule has 3 saturated heterocycles. The number of likely N-dealkylation sites (tertiary alicyclic amines) is 3. The van der Waals surface area contributed by atoms with Crippen LogP contribution < -0.4 is 5.32 Å². The Morgan fingerprint density at radius 1 is 1.24 bits per heavy atom. The van der Waals surface area contributed by atoms with E-state index in [2.05, 4.69) is 16.2 Å². The summed E-state index contributed by atoms with van der Waals surface area (Å²) in [6.45, 7) is 15.2. The van der Waals surface area contributed by atoms with Crippen LogP contribution in [0.2, 0.25) is 0 Å². The van der Waals surface area contributed by atoms with Crippen molar-refractivity contribution in [1.82, 2.24) is 20.0 Å². The highest BCUT2D eigenvalue weighted by Crippen LogP contribution is 2.48. The monoisotopic (exact) mass is 518 g/mol. The van der Waals surface area contributed by atoms with Crippen LogP contribution in [0.1, 0.15) is 58.6 Å². The molecule has 1 aromatic rings. The minimum atomic E-state index is -0.917. The minimum absolute atomic E-state index is 0.00445. The predicted molar refractivity (Wildman–Crippen MR) is 138 cm³/mol. The highest BCUT2D eigenvalue weighted by Gasteiger charge is 2.56. The van der Waals surface area contributed by atoms with Crippen LogP contribution in [0, 0.1) is 23.8 Å². The number of nitrogens with one attached hydrogen (secondary N) is 1. The van der Waals surface area contributed by atoms with Crippen LogP contribution in [0.15, 0.2) is 24.3 Å². The number of amides is 3. The van der Waals surface area contributed by atoms with Crippen LogP contribution in [0.4, 0.5) is 10.5 Å². The number of rotatable bonds is 6. The third kappa shape index (κ3) is 4.81. The molecule has 3 aliphatic heterocycles. The molecular formula is C28H34N6O4. The number of ether oxygens (including phenoxy) is 1. The van der Waals surface area contributed by atoms with E-state index in [1.807, 2.05) is 28.9 Å². The Hall–Kier alpha value is -3.63. The lowest BCUT2D eigenvalue weighted by Crippen LogP contribution is -2.59. The molecule has 3 amide bonds. The average Bonchev–Trinajstić information content (AvgIpc) is 3.19. The van der Waals surface area contributed by atoms with Crippen molar-refractivity contribution in [1.29, 1.82) is 5.26 Å². The smallest absolute Gasteiger partial charge is 0.408 e. The summed E-state index contributed by atoms with van der Waals surface area (Å²) in [7, 11) is 0. The van der Waals surface area contributed by atoms with Crippen LogP contribution in [-0.2, 0) is 14.3 Å². The van der Waals surface area contributed by atoms with Crippen LogP contribution in [0.3, 0.4) is 0 Å². The Morgan fingerprint density at radius 3 is 2.55 bits per heavy atom. The van der Waals surface area contributed by atoms with E-state index in [1.54, 1.807) is 37.8 Å². The highest BCUT2D eigenvalue weighted by atomic mass is 16.6. The van der Waals surface area contributed by atoms with Gasteiger partial charge in [0.15, 0.2) is 5.69 Å². The molecule has 7 atom stereocenters. The number of carbonyl (C=O) groups is 3. The van der Waals surface area contributed by atoms with Gasteiger partial charge in [0, 0.05) is 25.2 Å². The fourth-order valence-electron chi connectivity index (χ4n) is 6.33. The Balaban J connectivity index is 1.30. The van der Waals surface area contributed by atoms with Gasteiger partial charge >= 0.3 is 6.09 Å². The number of piperidine rings is 1. The third-order valence-corrected chi connectivity index (χ3v) is 8.15. The normalized spacial score (nSPS) is 29.3. The van der Waals surface area contributed by atoms with Crippen molar-refractivity contribution in [2.24, 2.45) is 5.92 Å². The van der Waals surface area contributed by atoms with E-state index < -0.39 is 23.8 Å². The van der Waals surface area contributed by atoms with Gasteiger partial charge in [0.25, 0.3) is 0 Å². The number of benzene rings is 1. The van der Waals surface area contributed by atoms with Crippen molar-refractivity contribution < 1.29 is 19.1 Å². The molecule has 1 N–H and O–H groups in total. The van der Waals surface area contributed by atoms with Gasteiger partial charge in [-0.3, -0.25) is 14.5 Å². The summed E-state index contributed by atoms with van der Waals surface area (Å²) in [5.74, 6) is 0.0756. The first-order chi connectivity index (χ1) is 18.0. The van der Waals surface area contributed by atoms with Gasteiger partial charge in [-0.1, -0.05) is 24.3 Å². The first-order valence-electron chi connectivity index (χ1n) is 13.3. The minimum Gasteiger partial charge on any atom is -0.444 e. The quantitative estimate of drug-likeness (QED) is 0.580. The molecule has 10 heteroatoms. The van der Waals surface area contributed by atoms with Crippen LogP contribution in [0.5, 0.6) is 0 Å². The van der Waals surface area contributed by atoms with Gasteiger partial charge in [0.05, 0.1) is 24.7 Å². The van der Waals surface area contributed by atoms with Crippen molar-refractivity contribution in [2.75, 3.05) is 13.1 Å². The summed E-state index contributed by atoms with van der Waals surface area (Å²) in [4.78, 5) is 48.8. The number of hydrogen-bond donors (Lipinski definition) is 1. The summed E-state index contributed by atoms with van der Waals surface area (Å²) >= 11 is 0. The molecule has 0 aromatic heterocycles. The van der Waals surface area contributed by atoms with E-state index in [0.717, 1.165) is 12.0 Å². The Morgan fingerprint density at radius 2 is 1.95 bits per heavy atom. The Bertz CT molecular complexity index is 1210. The molecule has 4 fully saturated rings. The maximum atomic E-state index is 13.7. The molecule has 1 aliphatic carbocycles. The molecule has 2 bridgehead atoms. The lowest BCUT2D eigenvalue weighted by Gasteiger charge is -2.39. The topological polar surface area (TPSA) is 110 Å². The maximum absolute atomic E-state index is 13.7. The molecule has 200 valence electrons. The second kappa shape index (κ2) is 9.59. The second-order valence-electron chi connectivity index (χ2n) is 11.9. The van der Waals surface area contributed by atoms with E-state index in [9.17, 15) is 19.6 Å². The molecule has 5 rings (SSSR count). The molecule has 3 heterocycles. The summed E-state index contributed by atoms with van der Waals surface area (Å²) in [6, 6.07) is 7.68. The molecule has 0 spiro atoms. The number of alkyl carbamates (subject to hydrolysis) is 1. The van der Waals surface area contributed by atoms with Gasteiger partial charge in [0.1, 0.15) is 17.7 Å². The number of piperazine rings is 1. The first-order valence-corrected chi connectivity index (χ1v) is 13.3. The summed E-state index contributed by atoms with van der Waals surface area (Å²) < 4.78 is 5.44. The fraction of sp³-hybridized carbons (Fsp3) is 0.607. The third-order valence-electron chi connectivity index (χ3n) is 8.15.